The van der Waals surface area contributed by atoms with Crippen LogP contribution in [0.1, 0.15) is 35.6 Å². The number of primary amides is 2. The molecule has 1 aliphatic carbocycles. The molecule has 0 saturated heterocycles. The summed E-state index contributed by atoms with van der Waals surface area (Å²) in [5.41, 5.74) is 13.1. The molecule has 0 bridgehead atoms. The van der Waals surface area contributed by atoms with E-state index in [4.69, 9.17) is 20.9 Å². The molecule has 0 aliphatic heterocycles. The largest absolute Gasteiger partial charge is 0.442 e. The number of hydrogen-bond acceptors (Lipinski definition) is 4. The van der Waals surface area contributed by atoms with Gasteiger partial charge in [0.1, 0.15) is 6.10 Å². The fraction of sp³-hybridized carbons (Fsp3) is 0.429. The molecule has 4 N–H and O–H groups in total. The van der Waals surface area contributed by atoms with Gasteiger partial charge in [-0.1, -0.05) is 18.2 Å². The summed E-state index contributed by atoms with van der Waals surface area (Å²) in [5.74, 6) is 0. The molecular formula is C14H18N2O4. The van der Waals surface area contributed by atoms with Crippen molar-refractivity contribution in [3.63, 3.8) is 0 Å². The Hall–Kier alpha value is -2.24. The van der Waals surface area contributed by atoms with Crippen molar-refractivity contribution >= 4 is 12.2 Å². The maximum atomic E-state index is 11.2. The maximum absolute atomic E-state index is 11.2. The number of amides is 2. The Balaban J connectivity index is 2.44. The first kappa shape index (κ1) is 14.2. The average Bonchev–Trinajstić information content (AvgIpc) is 2.50. The van der Waals surface area contributed by atoms with Crippen LogP contribution in [0, 0.1) is 6.92 Å². The first-order chi connectivity index (χ1) is 9.49. The highest BCUT2D eigenvalue weighted by molar-refractivity contribution is 5.66. The van der Waals surface area contributed by atoms with Crippen LogP contribution in [-0.2, 0) is 15.9 Å². The fourth-order valence-corrected chi connectivity index (χ4v) is 2.73. The first-order valence-corrected chi connectivity index (χ1v) is 6.49. The highest BCUT2D eigenvalue weighted by Crippen LogP contribution is 2.35. The van der Waals surface area contributed by atoms with E-state index >= 15 is 0 Å². The van der Waals surface area contributed by atoms with Crippen LogP contribution in [-0.4, -0.2) is 18.3 Å². The Kier molecular flexibility index (Phi) is 4.12. The quantitative estimate of drug-likeness (QED) is 0.806. The third-order valence-electron chi connectivity index (χ3n) is 3.48. The van der Waals surface area contributed by atoms with E-state index in [9.17, 15) is 9.59 Å². The highest BCUT2D eigenvalue weighted by atomic mass is 16.6. The zero-order chi connectivity index (χ0) is 14.7. The molecule has 6 nitrogen and oxygen atoms in total. The summed E-state index contributed by atoms with van der Waals surface area (Å²) < 4.78 is 10.3. The Morgan fingerprint density at radius 1 is 1.20 bits per heavy atom. The molecule has 1 aromatic carbocycles. The van der Waals surface area contributed by atoms with Crippen molar-refractivity contribution < 1.29 is 19.1 Å². The van der Waals surface area contributed by atoms with Crippen molar-refractivity contribution in [2.75, 3.05) is 0 Å². The summed E-state index contributed by atoms with van der Waals surface area (Å²) in [6.45, 7) is 1.92. The molecule has 0 fully saturated rings. The second kappa shape index (κ2) is 5.81. The van der Waals surface area contributed by atoms with Crippen molar-refractivity contribution in [3.05, 3.63) is 34.9 Å². The Morgan fingerprint density at radius 2 is 1.90 bits per heavy atom. The molecule has 1 aromatic rings. The minimum absolute atomic E-state index is 0.564. The number of nitrogens with two attached hydrogens (primary N) is 2. The summed E-state index contributed by atoms with van der Waals surface area (Å²) in [6.07, 6.45) is -0.897. The minimum Gasteiger partial charge on any atom is -0.442 e. The van der Waals surface area contributed by atoms with Crippen LogP contribution < -0.4 is 11.5 Å². The zero-order valence-corrected chi connectivity index (χ0v) is 11.3. The molecule has 2 amide bonds. The summed E-state index contributed by atoms with van der Waals surface area (Å²) >= 11 is 0. The fourth-order valence-electron chi connectivity index (χ4n) is 2.73. The van der Waals surface area contributed by atoms with Crippen LogP contribution in [0.3, 0.4) is 0 Å². The third-order valence-corrected chi connectivity index (χ3v) is 3.48. The van der Waals surface area contributed by atoms with E-state index in [0.29, 0.717) is 6.42 Å². The predicted molar refractivity (Wildman–Crippen MR) is 72.0 cm³/mol. The third kappa shape index (κ3) is 3.01. The lowest BCUT2D eigenvalue weighted by molar-refractivity contribution is -0.00764. The molecule has 0 unspecified atom stereocenters. The van der Waals surface area contributed by atoms with E-state index < -0.39 is 24.4 Å². The van der Waals surface area contributed by atoms with Gasteiger partial charge in [0.25, 0.3) is 0 Å². The van der Waals surface area contributed by atoms with Gasteiger partial charge in [0.05, 0.1) is 0 Å². The number of rotatable bonds is 2. The van der Waals surface area contributed by atoms with E-state index in [1.165, 1.54) is 0 Å². The van der Waals surface area contributed by atoms with Crippen LogP contribution in [0.15, 0.2) is 18.2 Å². The van der Waals surface area contributed by atoms with E-state index in [0.717, 1.165) is 29.5 Å². The van der Waals surface area contributed by atoms with Crippen molar-refractivity contribution in [3.8, 4) is 0 Å². The normalized spacial score (nSPS) is 21.4. The molecule has 20 heavy (non-hydrogen) atoms. The molecule has 0 saturated carbocycles. The molecule has 2 rings (SSSR count). The maximum Gasteiger partial charge on any atom is 0.405 e. The van der Waals surface area contributed by atoms with Gasteiger partial charge in [-0.2, -0.15) is 0 Å². The van der Waals surface area contributed by atoms with Crippen molar-refractivity contribution in [2.24, 2.45) is 11.5 Å². The van der Waals surface area contributed by atoms with E-state index in [1.54, 1.807) is 0 Å². The minimum atomic E-state index is -0.899. The average molecular weight is 278 g/mol. The van der Waals surface area contributed by atoms with Gasteiger partial charge in [0, 0.05) is 5.56 Å². The Labute approximate surface area is 117 Å². The van der Waals surface area contributed by atoms with Crippen molar-refractivity contribution in [1.82, 2.24) is 0 Å². The Morgan fingerprint density at radius 3 is 2.55 bits per heavy atom. The summed E-state index contributed by atoms with van der Waals surface area (Å²) in [4.78, 5) is 22.2. The molecule has 0 aromatic heterocycles. The lowest BCUT2D eigenvalue weighted by Crippen LogP contribution is -2.32. The summed E-state index contributed by atoms with van der Waals surface area (Å²) in [7, 11) is 0. The van der Waals surface area contributed by atoms with E-state index in [2.05, 4.69) is 0 Å². The van der Waals surface area contributed by atoms with Crippen LogP contribution >= 0.6 is 0 Å². The van der Waals surface area contributed by atoms with Gasteiger partial charge in [0.2, 0.25) is 0 Å². The predicted octanol–water partition coefficient (Wildman–Crippen LogP) is 1.93. The van der Waals surface area contributed by atoms with Crippen LogP contribution in [0.2, 0.25) is 0 Å². The number of ether oxygens (including phenoxy) is 2. The number of aryl methyl sites for hydroxylation is 2. The number of benzene rings is 1. The van der Waals surface area contributed by atoms with E-state index in [-0.39, 0.29) is 0 Å². The topological polar surface area (TPSA) is 105 Å². The lowest BCUT2D eigenvalue weighted by Gasteiger charge is -2.26. The van der Waals surface area contributed by atoms with Gasteiger partial charge >= 0.3 is 12.2 Å². The highest BCUT2D eigenvalue weighted by Gasteiger charge is 2.34. The van der Waals surface area contributed by atoms with E-state index in [1.807, 2.05) is 25.1 Å². The monoisotopic (exact) mass is 278 g/mol. The molecule has 0 spiro atoms. The number of fused-ring (bicyclic) bond motifs is 1. The molecular weight excluding hydrogens is 260 g/mol. The van der Waals surface area contributed by atoms with Gasteiger partial charge in [-0.25, -0.2) is 9.59 Å². The molecule has 0 heterocycles. The number of hydrogen-bond donors (Lipinski definition) is 2. The summed E-state index contributed by atoms with van der Waals surface area (Å²) in [5, 5.41) is 0. The second-order valence-corrected chi connectivity index (χ2v) is 4.87. The molecule has 6 heteroatoms. The lowest BCUT2D eigenvalue weighted by atomic mass is 9.95. The summed E-state index contributed by atoms with van der Waals surface area (Å²) in [6, 6.07) is 5.85. The standard InChI is InChI=1S/C14H18N2O4/c1-8-4-2-5-9-6-3-7-10(19-13(15)17)12(11(8)9)20-14(16)18/h2,4-5,10,12H,3,6-7H2,1H3,(H2,15,17)(H2,16,18)/t10-,12-/m0/s1. The van der Waals surface area contributed by atoms with Gasteiger partial charge in [0.15, 0.2) is 6.10 Å². The zero-order valence-electron chi connectivity index (χ0n) is 11.3. The van der Waals surface area contributed by atoms with Crippen LogP contribution in [0.25, 0.3) is 0 Å². The van der Waals surface area contributed by atoms with Gasteiger partial charge in [-0.15, -0.1) is 0 Å². The molecule has 2 atom stereocenters. The second-order valence-electron chi connectivity index (χ2n) is 4.87. The van der Waals surface area contributed by atoms with Gasteiger partial charge in [-0.05, 0) is 37.3 Å². The Bertz CT molecular complexity index is 530. The molecule has 108 valence electrons. The van der Waals surface area contributed by atoms with Gasteiger partial charge < -0.3 is 20.9 Å². The first-order valence-electron chi connectivity index (χ1n) is 6.49. The van der Waals surface area contributed by atoms with Crippen molar-refractivity contribution in [2.45, 2.75) is 38.4 Å². The number of carbonyl (C=O) groups is 2. The number of carbonyl (C=O) groups excluding carboxylic acids is 2. The molecule has 0 radical (unpaired) electrons. The van der Waals surface area contributed by atoms with Gasteiger partial charge in [-0.3, -0.25) is 0 Å². The van der Waals surface area contributed by atoms with Crippen LogP contribution in [0.5, 0.6) is 0 Å². The van der Waals surface area contributed by atoms with Crippen molar-refractivity contribution in [1.29, 1.82) is 0 Å². The molecule has 1 aliphatic rings. The van der Waals surface area contributed by atoms with Crippen LogP contribution in [0.4, 0.5) is 9.59 Å². The smallest absolute Gasteiger partial charge is 0.405 e. The SMILES string of the molecule is Cc1cccc2c1[C@@H](OC(N)=O)[C@@H](OC(N)=O)CCC2.